The quantitative estimate of drug-likeness (QED) is 0.642. The first-order valence-corrected chi connectivity index (χ1v) is 3.20. The second-order valence-electron chi connectivity index (χ2n) is 1.96. The van der Waals surface area contributed by atoms with E-state index in [0.29, 0.717) is 0 Å². The van der Waals surface area contributed by atoms with Crippen molar-refractivity contribution in [3.63, 3.8) is 0 Å². The largest absolute Gasteiger partial charge is 0.382 e. The lowest BCUT2D eigenvalue weighted by Crippen LogP contribution is -2.11. The summed E-state index contributed by atoms with van der Waals surface area (Å²) >= 11 is 5.56. The van der Waals surface area contributed by atoms with Crippen LogP contribution in [0.3, 0.4) is 0 Å². The smallest absolute Gasteiger partial charge is 0.250 e. The van der Waals surface area contributed by atoms with Crippen LogP contribution in [-0.2, 0) is 0 Å². The zero-order valence-electron chi connectivity index (χ0n) is 5.54. The maximum Gasteiger partial charge on any atom is 0.250 e. The van der Waals surface area contributed by atoms with E-state index in [4.69, 9.17) is 23.1 Å². The monoisotopic (exact) mass is 171 g/mol. The highest BCUT2D eigenvalue weighted by molar-refractivity contribution is 6.33. The number of nitrogens with two attached hydrogens (primary N) is 2. The molecule has 1 amide bonds. The summed E-state index contributed by atoms with van der Waals surface area (Å²) in [6.07, 6.45) is 1.28. The van der Waals surface area contributed by atoms with Gasteiger partial charge in [-0.15, -0.1) is 0 Å². The molecule has 1 aromatic heterocycles. The van der Waals surface area contributed by atoms with E-state index >= 15 is 0 Å². The Hall–Kier alpha value is -1.29. The number of nitrogen functional groups attached to an aromatic ring is 1. The van der Waals surface area contributed by atoms with E-state index in [9.17, 15) is 4.79 Å². The topological polar surface area (TPSA) is 82.0 Å². The molecule has 1 aromatic rings. The van der Waals surface area contributed by atoms with Gasteiger partial charge < -0.3 is 11.5 Å². The van der Waals surface area contributed by atoms with Crippen molar-refractivity contribution in [3.05, 3.63) is 22.8 Å². The number of pyridine rings is 1. The zero-order chi connectivity index (χ0) is 8.43. The number of hydrogen-bond acceptors (Lipinski definition) is 3. The highest BCUT2D eigenvalue weighted by Gasteiger charge is 2.03. The molecular formula is C6H6ClN3O. The summed E-state index contributed by atoms with van der Waals surface area (Å²) in [4.78, 5) is 14.2. The first-order valence-electron chi connectivity index (χ1n) is 2.82. The molecule has 0 aromatic carbocycles. The molecule has 0 unspecified atom stereocenters. The number of carbonyl (C=O) groups excluding carboxylic acids is 1. The number of rotatable bonds is 1. The molecule has 0 saturated carbocycles. The maximum atomic E-state index is 10.5. The minimum atomic E-state index is -0.570. The van der Waals surface area contributed by atoms with Gasteiger partial charge in [-0.05, 0) is 6.07 Å². The summed E-state index contributed by atoms with van der Waals surface area (Å²) in [5, 5.41) is 0.237. The van der Waals surface area contributed by atoms with Gasteiger partial charge in [0.15, 0.2) is 0 Å². The lowest BCUT2D eigenvalue weighted by atomic mass is 10.3. The molecule has 0 radical (unpaired) electrons. The highest BCUT2D eigenvalue weighted by atomic mass is 35.5. The molecule has 0 fully saturated rings. The Kier molecular flexibility index (Phi) is 1.96. The number of aromatic nitrogens is 1. The first-order chi connectivity index (χ1) is 5.11. The molecule has 0 spiro atoms. The van der Waals surface area contributed by atoms with Crippen molar-refractivity contribution in [2.45, 2.75) is 0 Å². The second-order valence-corrected chi connectivity index (χ2v) is 2.36. The van der Waals surface area contributed by atoms with Gasteiger partial charge in [0.25, 0.3) is 0 Å². The SMILES string of the molecule is NC(=O)c1cnc(N)c(Cl)c1. The fourth-order valence-electron chi connectivity index (χ4n) is 0.583. The van der Waals surface area contributed by atoms with Gasteiger partial charge in [0.1, 0.15) is 5.82 Å². The van der Waals surface area contributed by atoms with Gasteiger partial charge in [0.2, 0.25) is 5.91 Å². The number of nitrogens with zero attached hydrogens (tertiary/aromatic N) is 1. The van der Waals surface area contributed by atoms with Gasteiger partial charge in [-0.2, -0.15) is 0 Å². The zero-order valence-corrected chi connectivity index (χ0v) is 6.30. The number of amides is 1. The van der Waals surface area contributed by atoms with Crippen LogP contribution < -0.4 is 11.5 Å². The van der Waals surface area contributed by atoms with E-state index < -0.39 is 5.91 Å². The molecule has 4 nitrogen and oxygen atoms in total. The van der Waals surface area contributed by atoms with Crippen molar-refractivity contribution in [1.82, 2.24) is 4.98 Å². The lowest BCUT2D eigenvalue weighted by Gasteiger charge is -1.97. The Labute approximate surface area is 68.2 Å². The van der Waals surface area contributed by atoms with Crippen LogP contribution in [0.2, 0.25) is 5.02 Å². The standard InChI is InChI=1S/C6H6ClN3O/c7-4-1-3(6(9)11)2-10-5(4)8/h1-2H,(H2,8,10)(H2,9,11). The van der Waals surface area contributed by atoms with Crippen LogP contribution in [0.4, 0.5) is 5.82 Å². The van der Waals surface area contributed by atoms with Crippen molar-refractivity contribution < 1.29 is 4.79 Å². The minimum Gasteiger partial charge on any atom is -0.382 e. The third-order valence-electron chi connectivity index (χ3n) is 1.15. The average Bonchev–Trinajstić information content (AvgIpc) is 1.94. The summed E-state index contributed by atoms with van der Waals surface area (Å²) in [6, 6.07) is 1.38. The Balaban J connectivity index is 3.15. The summed E-state index contributed by atoms with van der Waals surface area (Å²) in [7, 11) is 0. The van der Waals surface area contributed by atoms with Crippen molar-refractivity contribution in [3.8, 4) is 0 Å². The summed E-state index contributed by atoms with van der Waals surface area (Å²) < 4.78 is 0. The fourth-order valence-corrected chi connectivity index (χ4v) is 0.750. The van der Waals surface area contributed by atoms with E-state index in [-0.39, 0.29) is 16.4 Å². The van der Waals surface area contributed by atoms with E-state index in [2.05, 4.69) is 4.98 Å². The molecule has 0 bridgehead atoms. The Morgan fingerprint density at radius 2 is 2.27 bits per heavy atom. The van der Waals surface area contributed by atoms with Crippen LogP contribution >= 0.6 is 11.6 Å². The molecule has 4 N–H and O–H groups in total. The Morgan fingerprint density at radius 1 is 1.64 bits per heavy atom. The third kappa shape index (κ3) is 1.59. The third-order valence-corrected chi connectivity index (χ3v) is 1.46. The normalized spacial score (nSPS) is 9.55. The van der Waals surface area contributed by atoms with Crippen molar-refractivity contribution in [2.24, 2.45) is 5.73 Å². The Bertz CT molecular complexity index is 300. The summed E-state index contributed by atoms with van der Waals surface area (Å²) in [6.45, 7) is 0. The number of hydrogen-bond donors (Lipinski definition) is 2. The van der Waals surface area contributed by atoms with Gasteiger partial charge >= 0.3 is 0 Å². The van der Waals surface area contributed by atoms with Crippen molar-refractivity contribution in [1.29, 1.82) is 0 Å². The highest BCUT2D eigenvalue weighted by Crippen LogP contribution is 2.15. The minimum absolute atomic E-state index is 0.191. The van der Waals surface area contributed by atoms with Crippen molar-refractivity contribution in [2.75, 3.05) is 5.73 Å². The van der Waals surface area contributed by atoms with Gasteiger partial charge in [-0.1, -0.05) is 11.6 Å². The summed E-state index contributed by atoms with van der Waals surface area (Å²) in [5.74, 6) is -0.379. The average molecular weight is 172 g/mol. The summed E-state index contributed by atoms with van der Waals surface area (Å²) in [5.41, 5.74) is 10.5. The van der Waals surface area contributed by atoms with Crippen LogP contribution in [-0.4, -0.2) is 10.9 Å². The van der Waals surface area contributed by atoms with Crippen LogP contribution in [0.25, 0.3) is 0 Å². The fraction of sp³-hybridized carbons (Fsp3) is 0. The van der Waals surface area contributed by atoms with Crippen LogP contribution in [0.1, 0.15) is 10.4 Å². The van der Waals surface area contributed by atoms with E-state index in [1.54, 1.807) is 0 Å². The second kappa shape index (κ2) is 2.75. The molecule has 0 aliphatic carbocycles. The van der Waals surface area contributed by atoms with Gasteiger partial charge in [-0.3, -0.25) is 4.79 Å². The van der Waals surface area contributed by atoms with Gasteiger partial charge in [0.05, 0.1) is 10.6 Å². The molecule has 0 aliphatic heterocycles. The molecule has 11 heavy (non-hydrogen) atoms. The van der Waals surface area contributed by atoms with Gasteiger partial charge in [-0.25, -0.2) is 4.98 Å². The first kappa shape index (κ1) is 7.81. The predicted octanol–water partition coefficient (Wildman–Crippen LogP) is 0.416. The van der Waals surface area contributed by atoms with Gasteiger partial charge in [0, 0.05) is 6.20 Å². The van der Waals surface area contributed by atoms with E-state index in [1.807, 2.05) is 0 Å². The molecule has 0 aliphatic rings. The lowest BCUT2D eigenvalue weighted by molar-refractivity contribution is 0.1000. The van der Waals surface area contributed by atoms with Crippen LogP contribution in [0.5, 0.6) is 0 Å². The predicted molar refractivity (Wildman–Crippen MR) is 42.2 cm³/mol. The number of halogens is 1. The molecule has 1 heterocycles. The molecule has 0 saturated heterocycles. The van der Waals surface area contributed by atoms with Crippen LogP contribution in [0, 0.1) is 0 Å². The molecule has 1 rings (SSSR count). The molecule has 58 valence electrons. The number of carbonyl (C=O) groups is 1. The van der Waals surface area contributed by atoms with Crippen molar-refractivity contribution >= 4 is 23.3 Å². The molecule has 5 heteroatoms. The number of primary amides is 1. The number of anilines is 1. The van der Waals surface area contributed by atoms with E-state index in [1.165, 1.54) is 12.3 Å². The Morgan fingerprint density at radius 3 is 2.73 bits per heavy atom. The van der Waals surface area contributed by atoms with Crippen LogP contribution in [0.15, 0.2) is 12.3 Å². The molecular weight excluding hydrogens is 166 g/mol. The van der Waals surface area contributed by atoms with E-state index in [0.717, 1.165) is 0 Å². The molecule has 0 atom stereocenters. The maximum absolute atomic E-state index is 10.5.